The van der Waals surface area contributed by atoms with E-state index in [-0.39, 0.29) is 42.1 Å². The quantitative estimate of drug-likeness (QED) is 0.315. The standard InChI is InChI=1S/C32H44N4O4Si/c1-23-29(17-14-24-12-15-26(16-13-24)36-19-8-7-11-31(36)38)40-30(32(23)41(2,3)39)18-20-35-21-28(33-34-35)27(22-37)25-9-5-4-6-10-25/h4-6,9-10,12-13,15-16,21,23,27,29-30,32,37,39H,7-8,11,14,17-20,22H2,1-3H3/t23-,27?,29+,30-,32+/m1/s1. The number of carbonyl (C=O) groups excluding carboxylic acids is 1. The molecule has 1 unspecified atom stereocenters. The Bertz CT molecular complexity index is 1280. The molecule has 220 valence electrons. The van der Waals surface area contributed by atoms with E-state index in [1.807, 2.05) is 59.2 Å². The average molecular weight is 577 g/mol. The van der Waals surface area contributed by atoms with Crippen LogP contribution in [0.4, 0.5) is 5.69 Å². The molecule has 2 saturated heterocycles. The van der Waals surface area contributed by atoms with Crippen LogP contribution in [-0.4, -0.2) is 64.5 Å². The third-order valence-corrected chi connectivity index (χ3v) is 11.5. The molecule has 5 rings (SSSR count). The van der Waals surface area contributed by atoms with E-state index < -0.39 is 8.32 Å². The molecule has 0 saturated carbocycles. The molecule has 2 N–H and O–H groups in total. The molecule has 2 fully saturated rings. The zero-order valence-electron chi connectivity index (χ0n) is 24.5. The van der Waals surface area contributed by atoms with Gasteiger partial charge in [0.15, 0.2) is 8.32 Å². The fourth-order valence-electron chi connectivity index (χ4n) is 6.81. The van der Waals surface area contributed by atoms with Crippen molar-refractivity contribution >= 4 is 19.9 Å². The monoisotopic (exact) mass is 576 g/mol. The molecule has 2 aliphatic heterocycles. The molecule has 2 aliphatic rings. The molecule has 0 bridgehead atoms. The Labute approximate surface area is 244 Å². The molecule has 41 heavy (non-hydrogen) atoms. The number of carbonyl (C=O) groups is 1. The van der Waals surface area contributed by atoms with Crippen molar-refractivity contribution in [2.45, 2.75) is 88.8 Å². The lowest BCUT2D eigenvalue weighted by atomic mass is 9.95. The maximum absolute atomic E-state index is 12.3. The van der Waals surface area contributed by atoms with Crippen LogP contribution in [0.3, 0.4) is 0 Å². The summed E-state index contributed by atoms with van der Waals surface area (Å²) in [6.45, 7) is 7.69. The Morgan fingerprint density at radius 3 is 2.49 bits per heavy atom. The Hall–Kier alpha value is -2.85. The molecule has 0 spiro atoms. The minimum absolute atomic E-state index is 0.0287. The van der Waals surface area contributed by atoms with Crippen molar-refractivity contribution in [3.8, 4) is 0 Å². The van der Waals surface area contributed by atoms with Crippen molar-refractivity contribution in [3.05, 3.63) is 77.6 Å². The van der Waals surface area contributed by atoms with Crippen molar-refractivity contribution in [1.82, 2.24) is 15.0 Å². The van der Waals surface area contributed by atoms with Gasteiger partial charge in [-0.25, -0.2) is 0 Å². The fourth-order valence-corrected chi connectivity index (χ4v) is 9.46. The van der Waals surface area contributed by atoms with Gasteiger partial charge in [-0.2, -0.15) is 0 Å². The Kier molecular flexibility index (Phi) is 9.38. The van der Waals surface area contributed by atoms with Crippen LogP contribution in [0, 0.1) is 5.92 Å². The first kappa shape index (κ1) is 29.6. The smallest absolute Gasteiger partial charge is 0.226 e. The number of aryl methyl sites for hydroxylation is 2. The summed E-state index contributed by atoms with van der Waals surface area (Å²) in [6.07, 6.45) is 7.18. The maximum Gasteiger partial charge on any atom is 0.226 e. The van der Waals surface area contributed by atoms with Gasteiger partial charge in [-0.1, -0.05) is 54.6 Å². The van der Waals surface area contributed by atoms with Crippen molar-refractivity contribution in [3.63, 3.8) is 0 Å². The lowest BCUT2D eigenvalue weighted by Crippen LogP contribution is -2.40. The van der Waals surface area contributed by atoms with Gasteiger partial charge >= 0.3 is 0 Å². The number of amides is 1. The van der Waals surface area contributed by atoms with E-state index in [2.05, 4.69) is 41.5 Å². The van der Waals surface area contributed by atoms with Gasteiger partial charge in [-0.3, -0.25) is 9.48 Å². The van der Waals surface area contributed by atoms with Crippen molar-refractivity contribution < 1.29 is 19.4 Å². The average Bonchev–Trinajstić information content (AvgIpc) is 3.56. The summed E-state index contributed by atoms with van der Waals surface area (Å²) in [7, 11) is -2.48. The molecule has 3 aromatic rings. The third kappa shape index (κ3) is 6.97. The summed E-state index contributed by atoms with van der Waals surface area (Å²) in [5.41, 5.74) is 4.13. The second-order valence-corrected chi connectivity index (χ2v) is 16.3. The largest absolute Gasteiger partial charge is 0.432 e. The molecule has 8 nitrogen and oxygen atoms in total. The van der Waals surface area contributed by atoms with E-state index >= 15 is 0 Å². The van der Waals surface area contributed by atoms with Gasteiger partial charge in [0, 0.05) is 36.9 Å². The first-order valence-corrected chi connectivity index (χ1v) is 18.1. The van der Waals surface area contributed by atoms with E-state index in [1.54, 1.807) is 0 Å². The lowest BCUT2D eigenvalue weighted by Gasteiger charge is -2.30. The molecule has 9 heteroatoms. The highest BCUT2D eigenvalue weighted by Crippen LogP contribution is 2.45. The van der Waals surface area contributed by atoms with Crippen LogP contribution in [0.1, 0.15) is 61.8 Å². The summed E-state index contributed by atoms with van der Waals surface area (Å²) in [5, 5.41) is 18.7. The van der Waals surface area contributed by atoms with E-state index in [1.165, 1.54) is 5.56 Å². The number of anilines is 1. The van der Waals surface area contributed by atoms with Crippen LogP contribution >= 0.6 is 0 Å². The van der Waals surface area contributed by atoms with Crippen LogP contribution in [0.15, 0.2) is 60.8 Å². The van der Waals surface area contributed by atoms with Crippen LogP contribution < -0.4 is 4.90 Å². The molecule has 5 atom stereocenters. The highest BCUT2D eigenvalue weighted by Gasteiger charge is 2.49. The number of aliphatic hydroxyl groups is 1. The second kappa shape index (κ2) is 13.0. The summed E-state index contributed by atoms with van der Waals surface area (Å²) < 4.78 is 8.49. The number of hydrogen-bond acceptors (Lipinski definition) is 6. The normalized spacial score (nSPS) is 24.1. The van der Waals surface area contributed by atoms with Crippen LogP contribution in [-0.2, 0) is 22.5 Å². The minimum Gasteiger partial charge on any atom is -0.432 e. The van der Waals surface area contributed by atoms with Crippen LogP contribution in [0.5, 0.6) is 0 Å². The number of ether oxygens (including phenoxy) is 1. The van der Waals surface area contributed by atoms with E-state index in [0.29, 0.717) is 13.0 Å². The first-order valence-electron chi connectivity index (χ1n) is 15.1. The Balaban J connectivity index is 1.19. The number of nitrogens with zero attached hydrogens (tertiary/aromatic N) is 4. The number of aromatic nitrogens is 3. The van der Waals surface area contributed by atoms with Gasteiger partial charge in [0.05, 0.1) is 30.4 Å². The maximum atomic E-state index is 12.3. The van der Waals surface area contributed by atoms with Gasteiger partial charge in [0.1, 0.15) is 0 Å². The number of rotatable bonds is 11. The van der Waals surface area contributed by atoms with E-state index in [9.17, 15) is 14.7 Å². The Morgan fingerprint density at radius 1 is 1.05 bits per heavy atom. The molecule has 1 aromatic heterocycles. The SMILES string of the molecule is C[C@H]1[C@H]([Si](C)(C)O)[C@@H](CCn2cc(C(CO)c3ccccc3)nn2)O[C@H]1CCc1ccc(N2CCCCC2=O)cc1. The zero-order chi connectivity index (χ0) is 29.0. The predicted molar refractivity (Wildman–Crippen MR) is 162 cm³/mol. The molecule has 3 heterocycles. The molecule has 2 aromatic carbocycles. The number of piperidine rings is 1. The summed E-state index contributed by atoms with van der Waals surface area (Å²) in [6, 6.07) is 18.3. The van der Waals surface area contributed by atoms with Crippen LogP contribution in [0.25, 0.3) is 0 Å². The molecular formula is C32H44N4O4Si. The van der Waals surface area contributed by atoms with Gasteiger partial charge < -0.3 is 19.5 Å². The zero-order valence-corrected chi connectivity index (χ0v) is 25.5. The van der Waals surface area contributed by atoms with Gasteiger partial charge in [-0.05, 0) is 74.4 Å². The lowest BCUT2D eigenvalue weighted by molar-refractivity contribution is -0.119. The summed E-state index contributed by atoms with van der Waals surface area (Å²) in [4.78, 5) is 25.4. The number of aliphatic hydroxyl groups excluding tert-OH is 1. The van der Waals surface area contributed by atoms with Gasteiger partial charge in [-0.15, -0.1) is 5.10 Å². The molecule has 1 amide bonds. The van der Waals surface area contributed by atoms with Gasteiger partial charge in [0.25, 0.3) is 0 Å². The molecule has 0 aliphatic carbocycles. The van der Waals surface area contributed by atoms with Crippen molar-refractivity contribution in [2.75, 3.05) is 18.1 Å². The highest BCUT2D eigenvalue weighted by atomic mass is 28.4. The second-order valence-electron chi connectivity index (χ2n) is 12.3. The molecule has 0 radical (unpaired) electrons. The Morgan fingerprint density at radius 2 is 1.80 bits per heavy atom. The fraction of sp³-hybridized carbons (Fsp3) is 0.531. The third-order valence-electron chi connectivity index (χ3n) is 8.95. The number of hydrogen-bond donors (Lipinski definition) is 2. The van der Waals surface area contributed by atoms with E-state index in [0.717, 1.165) is 55.6 Å². The number of benzene rings is 2. The predicted octanol–water partition coefficient (Wildman–Crippen LogP) is 4.91. The van der Waals surface area contributed by atoms with E-state index in [4.69, 9.17) is 4.74 Å². The van der Waals surface area contributed by atoms with Crippen molar-refractivity contribution in [1.29, 1.82) is 0 Å². The highest BCUT2D eigenvalue weighted by molar-refractivity contribution is 6.71. The topological polar surface area (TPSA) is 101 Å². The summed E-state index contributed by atoms with van der Waals surface area (Å²) in [5.74, 6) is 0.277. The minimum atomic E-state index is -2.48. The molecular weight excluding hydrogens is 532 g/mol. The van der Waals surface area contributed by atoms with Gasteiger partial charge in [0.2, 0.25) is 5.91 Å². The van der Waals surface area contributed by atoms with Crippen LogP contribution in [0.2, 0.25) is 18.6 Å². The first-order chi connectivity index (χ1) is 19.7. The summed E-state index contributed by atoms with van der Waals surface area (Å²) >= 11 is 0. The van der Waals surface area contributed by atoms with Crippen molar-refractivity contribution in [2.24, 2.45) is 5.92 Å².